The summed E-state index contributed by atoms with van der Waals surface area (Å²) in [5.41, 5.74) is 0. The van der Waals surface area contributed by atoms with Gasteiger partial charge in [-0.15, -0.1) is 0 Å². The van der Waals surface area contributed by atoms with Crippen molar-refractivity contribution in [3.8, 4) is 0 Å². The van der Waals surface area contributed by atoms with E-state index in [1.165, 1.54) is 0 Å². The highest BCUT2D eigenvalue weighted by Crippen LogP contribution is 2.45. The summed E-state index contributed by atoms with van der Waals surface area (Å²) in [6.45, 7) is 0. The highest BCUT2D eigenvalue weighted by molar-refractivity contribution is 5.72. The molecule has 2 rings (SSSR count). The lowest BCUT2D eigenvalue weighted by Crippen LogP contribution is -2.32. The summed E-state index contributed by atoms with van der Waals surface area (Å²) in [4.78, 5) is 10.9. The van der Waals surface area contributed by atoms with E-state index in [-0.39, 0.29) is 5.97 Å². The van der Waals surface area contributed by atoms with E-state index >= 15 is 0 Å². The Bertz CT molecular complexity index is 190. The van der Waals surface area contributed by atoms with Crippen LogP contribution in [-0.4, -0.2) is 18.9 Å². The van der Waals surface area contributed by atoms with E-state index in [2.05, 4.69) is 0 Å². The molecule has 0 N–H and O–H groups in total. The number of carbonyl (C=O) groups is 1. The monoisotopic (exact) mass is 156 g/mol. The number of hydrogen-bond donors (Lipinski definition) is 0. The van der Waals surface area contributed by atoms with E-state index < -0.39 is 5.79 Å². The fraction of sp³-hybridized carbons (Fsp3) is 0.875. The predicted octanol–water partition coefficient (Wildman–Crippen LogP) is 1.08. The van der Waals surface area contributed by atoms with E-state index in [0.29, 0.717) is 12.3 Å². The second-order valence-corrected chi connectivity index (χ2v) is 3.28. The van der Waals surface area contributed by atoms with E-state index in [1.807, 2.05) is 0 Å². The maximum atomic E-state index is 10.9. The van der Waals surface area contributed by atoms with Crippen molar-refractivity contribution in [2.45, 2.75) is 31.5 Å². The predicted molar refractivity (Wildman–Crippen MR) is 37.8 cm³/mol. The molecule has 0 bridgehead atoms. The van der Waals surface area contributed by atoms with Crippen molar-refractivity contribution in [1.29, 1.82) is 0 Å². The third-order valence-electron chi connectivity index (χ3n) is 2.75. The molecule has 62 valence electrons. The Morgan fingerprint density at radius 3 is 3.18 bits per heavy atom. The summed E-state index contributed by atoms with van der Waals surface area (Å²) in [5.74, 6) is -0.312. The zero-order valence-electron chi connectivity index (χ0n) is 6.63. The van der Waals surface area contributed by atoms with E-state index in [1.54, 1.807) is 7.11 Å². The third-order valence-corrected chi connectivity index (χ3v) is 2.75. The molecule has 0 spiro atoms. The summed E-state index contributed by atoms with van der Waals surface area (Å²) in [5, 5.41) is 0. The average molecular weight is 156 g/mol. The van der Waals surface area contributed by atoms with Crippen LogP contribution in [0.25, 0.3) is 0 Å². The first-order chi connectivity index (χ1) is 5.27. The highest BCUT2D eigenvalue weighted by Gasteiger charge is 2.52. The first-order valence-electron chi connectivity index (χ1n) is 4.04. The smallest absolute Gasteiger partial charge is 0.308 e. The van der Waals surface area contributed by atoms with Crippen molar-refractivity contribution in [2.24, 2.45) is 5.92 Å². The van der Waals surface area contributed by atoms with Gasteiger partial charge in [-0.1, -0.05) is 0 Å². The first-order valence-corrected chi connectivity index (χ1v) is 4.04. The van der Waals surface area contributed by atoms with Gasteiger partial charge in [0, 0.05) is 19.4 Å². The van der Waals surface area contributed by atoms with Gasteiger partial charge < -0.3 is 9.47 Å². The van der Waals surface area contributed by atoms with Gasteiger partial charge in [-0.25, -0.2) is 0 Å². The van der Waals surface area contributed by atoms with Crippen LogP contribution in [0.1, 0.15) is 25.7 Å². The molecule has 0 amide bonds. The number of methoxy groups -OCH3 is 1. The van der Waals surface area contributed by atoms with E-state index in [4.69, 9.17) is 9.47 Å². The van der Waals surface area contributed by atoms with Gasteiger partial charge in [-0.3, -0.25) is 4.79 Å². The van der Waals surface area contributed by atoms with Gasteiger partial charge in [0.05, 0.1) is 6.42 Å². The summed E-state index contributed by atoms with van der Waals surface area (Å²) in [7, 11) is 1.62. The molecule has 1 aliphatic carbocycles. The molecule has 2 fully saturated rings. The Balaban J connectivity index is 2.21. The molecule has 0 aromatic carbocycles. The zero-order chi connectivity index (χ0) is 7.90. The van der Waals surface area contributed by atoms with Crippen LogP contribution in [0.5, 0.6) is 0 Å². The minimum atomic E-state index is -0.531. The van der Waals surface area contributed by atoms with Crippen molar-refractivity contribution in [2.75, 3.05) is 7.11 Å². The minimum Gasteiger partial charge on any atom is -0.433 e. The minimum absolute atomic E-state index is 0.100. The fourth-order valence-corrected chi connectivity index (χ4v) is 2.16. The lowest BCUT2D eigenvalue weighted by Gasteiger charge is -2.24. The van der Waals surface area contributed by atoms with Gasteiger partial charge in [-0.2, -0.15) is 0 Å². The molecule has 11 heavy (non-hydrogen) atoms. The normalized spacial score (nSPS) is 42.3. The van der Waals surface area contributed by atoms with Gasteiger partial charge in [0.25, 0.3) is 0 Å². The van der Waals surface area contributed by atoms with Crippen molar-refractivity contribution < 1.29 is 14.3 Å². The van der Waals surface area contributed by atoms with Crippen LogP contribution in [0.2, 0.25) is 0 Å². The molecule has 0 unspecified atom stereocenters. The Hall–Kier alpha value is -0.570. The molecule has 0 radical (unpaired) electrons. The molecular weight excluding hydrogens is 144 g/mol. The van der Waals surface area contributed by atoms with Gasteiger partial charge in [-0.05, 0) is 12.8 Å². The Kier molecular flexibility index (Phi) is 1.42. The van der Waals surface area contributed by atoms with Crippen molar-refractivity contribution >= 4 is 5.97 Å². The van der Waals surface area contributed by atoms with Crippen LogP contribution in [0.3, 0.4) is 0 Å². The number of ether oxygens (including phenoxy) is 2. The molecular formula is C8H12O3. The third kappa shape index (κ3) is 0.872. The van der Waals surface area contributed by atoms with Crippen LogP contribution in [0.4, 0.5) is 0 Å². The Morgan fingerprint density at radius 1 is 1.73 bits per heavy atom. The number of rotatable bonds is 1. The molecule has 3 heteroatoms. The van der Waals surface area contributed by atoms with Crippen molar-refractivity contribution in [3.63, 3.8) is 0 Å². The quantitative estimate of drug-likeness (QED) is 0.533. The lowest BCUT2D eigenvalue weighted by molar-refractivity contribution is -0.208. The maximum absolute atomic E-state index is 10.9. The maximum Gasteiger partial charge on any atom is 0.308 e. The number of carbonyl (C=O) groups excluding carboxylic acids is 1. The van der Waals surface area contributed by atoms with Gasteiger partial charge in [0.2, 0.25) is 5.79 Å². The SMILES string of the molecule is CO[C@@]12CCC[C@@H]1CC(=O)O2. The zero-order valence-corrected chi connectivity index (χ0v) is 6.63. The highest BCUT2D eigenvalue weighted by atomic mass is 16.7. The molecule has 1 saturated carbocycles. The summed E-state index contributed by atoms with van der Waals surface area (Å²) >= 11 is 0. The van der Waals surface area contributed by atoms with Crippen LogP contribution in [0, 0.1) is 5.92 Å². The number of esters is 1. The molecule has 1 heterocycles. The molecule has 0 aromatic heterocycles. The Labute approximate surface area is 65.7 Å². The molecule has 1 saturated heterocycles. The summed E-state index contributed by atoms with van der Waals surface area (Å²) < 4.78 is 10.4. The van der Waals surface area contributed by atoms with Gasteiger partial charge >= 0.3 is 5.97 Å². The topological polar surface area (TPSA) is 35.5 Å². The second kappa shape index (κ2) is 2.21. The van der Waals surface area contributed by atoms with Crippen molar-refractivity contribution in [3.05, 3.63) is 0 Å². The van der Waals surface area contributed by atoms with Crippen LogP contribution < -0.4 is 0 Å². The fourth-order valence-electron chi connectivity index (χ4n) is 2.16. The number of fused-ring (bicyclic) bond motifs is 1. The molecule has 1 aliphatic heterocycles. The summed E-state index contributed by atoms with van der Waals surface area (Å²) in [6.07, 6.45) is 3.61. The van der Waals surface area contributed by atoms with E-state index in [9.17, 15) is 4.79 Å². The van der Waals surface area contributed by atoms with Gasteiger partial charge in [0.15, 0.2) is 0 Å². The van der Waals surface area contributed by atoms with Crippen LogP contribution in [0.15, 0.2) is 0 Å². The largest absolute Gasteiger partial charge is 0.433 e. The molecule has 2 aliphatic rings. The standard InChI is InChI=1S/C8H12O3/c1-10-8-4-2-3-6(8)5-7(9)11-8/h6H,2-5H2,1H3/t6-,8-/m1/s1. The number of hydrogen-bond acceptors (Lipinski definition) is 3. The van der Waals surface area contributed by atoms with Gasteiger partial charge in [0.1, 0.15) is 0 Å². The second-order valence-electron chi connectivity index (χ2n) is 3.28. The average Bonchev–Trinajstić information content (AvgIpc) is 2.43. The first kappa shape index (κ1) is 7.10. The Morgan fingerprint density at radius 2 is 2.55 bits per heavy atom. The van der Waals surface area contributed by atoms with Crippen molar-refractivity contribution in [1.82, 2.24) is 0 Å². The lowest BCUT2D eigenvalue weighted by atomic mass is 10.0. The molecule has 3 nitrogen and oxygen atoms in total. The van der Waals surface area contributed by atoms with E-state index in [0.717, 1.165) is 19.3 Å². The summed E-state index contributed by atoms with van der Waals surface area (Å²) in [6, 6.07) is 0. The van der Waals surface area contributed by atoms with Crippen LogP contribution in [-0.2, 0) is 14.3 Å². The van der Waals surface area contributed by atoms with Crippen LogP contribution >= 0.6 is 0 Å². The molecule has 0 aromatic rings. The molecule has 2 atom stereocenters.